The van der Waals surface area contributed by atoms with Crippen molar-refractivity contribution in [2.75, 3.05) is 0 Å². The van der Waals surface area contributed by atoms with E-state index in [1.807, 2.05) is 22.7 Å². The first kappa shape index (κ1) is 17.6. The van der Waals surface area contributed by atoms with Crippen molar-refractivity contribution in [3.63, 3.8) is 0 Å². The molecule has 0 saturated heterocycles. The maximum Gasteiger partial charge on any atom is 0.0349 e. The van der Waals surface area contributed by atoms with Gasteiger partial charge in [0.25, 0.3) is 0 Å². The minimum atomic E-state index is 1.28. The second kappa shape index (κ2) is 7.51. The predicted octanol–water partition coefficient (Wildman–Crippen LogP) is 8.85. The first-order chi connectivity index (χ1) is 13.8. The molecule has 0 spiro atoms. The van der Waals surface area contributed by atoms with Crippen molar-refractivity contribution in [2.24, 2.45) is 0 Å². The number of hydrogen-bond donors (Lipinski definition) is 0. The van der Waals surface area contributed by atoms with Crippen LogP contribution in [0.2, 0.25) is 0 Å². The molecule has 0 aliphatic heterocycles. The van der Waals surface area contributed by atoms with Gasteiger partial charge in [0, 0.05) is 24.4 Å². The molecule has 0 unspecified atom stereocenters. The Morgan fingerprint density at radius 1 is 0.464 bits per heavy atom. The van der Waals surface area contributed by atoms with E-state index in [0.717, 1.165) is 0 Å². The third kappa shape index (κ3) is 3.49. The molecule has 0 aliphatic rings. The standard InChI is InChI=1S/C25H18S3/c1-17-4-13-23(27-17)19-9-11-21(12-10-19)25-15-14-24(28-25)20-7-5-18(6-8-20)22-3-2-16-26-22/h2-16H,1H3. The Morgan fingerprint density at radius 3 is 1.36 bits per heavy atom. The van der Waals surface area contributed by atoms with Gasteiger partial charge in [0.1, 0.15) is 0 Å². The quantitative estimate of drug-likeness (QED) is 0.275. The van der Waals surface area contributed by atoms with Crippen LogP contribution in [-0.2, 0) is 0 Å². The van der Waals surface area contributed by atoms with Crippen molar-refractivity contribution >= 4 is 34.0 Å². The molecule has 0 fully saturated rings. The third-order valence-corrected chi connectivity index (χ3v) is 7.93. The summed E-state index contributed by atoms with van der Waals surface area (Å²) in [6.07, 6.45) is 0. The first-order valence-corrected chi connectivity index (χ1v) is 11.7. The average molecular weight is 415 g/mol. The fraction of sp³-hybridized carbons (Fsp3) is 0.0400. The van der Waals surface area contributed by atoms with E-state index in [0.29, 0.717) is 0 Å². The highest BCUT2D eigenvalue weighted by atomic mass is 32.1. The van der Waals surface area contributed by atoms with Gasteiger partial charge in [0.2, 0.25) is 0 Å². The van der Waals surface area contributed by atoms with Crippen molar-refractivity contribution < 1.29 is 0 Å². The number of rotatable bonds is 4. The molecule has 3 heterocycles. The Bertz CT molecular complexity index is 1190. The summed E-state index contributed by atoms with van der Waals surface area (Å²) in [6, 6.07) is 31.0. The Balaban J connectivity index is 1.38. The van der Waals surface area contributed by atoms with E-state index in [4.69, 9.17) is 0 Å². The maximum absolute atomic E-state index is 2.24. The molecule has 0 atom stereocenters. The SMILES string of the molecule is Cc1ccc(-c2ccc(-c3ccc(-c4ccc(-c5cccs5)cc4)s3)cc2)s1. The summed E-state index contributed by atoms with van der Waals surface area (Å²) in [4.78, 5) is 6.63. The van der Waals surface area contributed by atoms with Gasteiger partial charge in [-0.2, -0.15) is 0 Å². The molecule has 0 nitrogen and oxygen atoms in total. The normalized spacial score (nSPS) is 11.0. The molecular weight excluding hydrogens is 396 g/mol. The van der Waals surface area contributed by atoms with Crippen molar-refractivity contribution in [2.45, 2.75) is 6.92 Å². The lowest BCUT2D eigenvalue weighted by molar-refractivity contribution is 1.64. The minimum Gasteiger partial charge on any atom is -0.144 e. The number of thiophene rings is 3. The number of hydrogen-bond acceptors (Lipinski definition) is 3. The predicted molar refractivity (Wildman–Crippen MR) is 127 cm³/mol. The summed E-state index contributed by atoms with van der Waals surface area (Å²) < 4.78 is 0. The smallest absolute Gasteiger partial charge is 0.0349 e. The summed E-state index contributed by atoms with van der Waals surface area (Å²) in [7, 11) is 0. The third-order valence-electron chi connectivity index (χ3n) is 4.78. The monoisotopic (exact) mass is 414 g/mol. The van der Waals surface area contributed by atoms with E-state index < -0.39 is 0 Å². The highest BCUT2D eigenvalue weighted by molar-refractivity contribution is 7.18. The summed E-state index contributed by atoms with van der Waals surface area (Å²) in [6.45, 7) is 2.16. The first-order valence-electron chi connectivity index (χ1n) is 9.18. The molecule has 136 valence electrons. The Morgan fingerprint density at radius 2 is 0.929 bits per heavy atom. The Labute approximate surface area is 177 Å². The summed E-state index contributed by atoms with van der Waals surface area (Å²) in [5.41, 5.74) is 5.14. The molecule has 0 radical (unpaired) electrons. The summed E-state index contributed by atoms with van der Waals surface area (Å²) in [5.74, 6) is 0. The van der Waals surface area contributed by atoms with Crippen molar-refractivity contribution in [3.05, 3.63) is 95.2 Å². The van der Waals surface area contributed by atoms with Crippen molar-refractivity contribution in [1.82, 2.24) is 0 Å². The van der Waals surface area contributed by atoms with Crippen molar-refractivity contribution in [3.8, 4) is 41.8 Å². The molecule has 3 aromatic heterocycles. The molecule has 3 heteroatoms. The van der Waals surface area contributed by atoms with Crippen LogP contribution < -0.4 is 0 Å². The topological polar surface area (TPSA) is 0 Å². The van der Waals surface area contributed by atoms with Crippen LogP contribution in [0.3, 0.4) is 0 Å². The van der Waals surface area contributed by atoms with Gasteiger partial charge in [-0.3, -0.25) is 0 Å². The zero-order chi connectivity index (χ0) is 18.9. The summed E-state index contributed by atoms with van der Waals surface area (Å²) in [5, 5.41) is 2.12. The average Bonchev–Trinajstić information content (AvgIpc) is 3.50. The molecule has 5 aromatic rings. The summed E-state index contributed by atoms with van der Waals surface area (Å²) >= 11 is 5.48. The molecule has 0 bridgehead atoms. The van der Waals surface area contributed by atoms with Crippen LogP contribution in [0.5, 0.6) is 0 Å². The van der Waals surface area contributed by atoms with Crippen LogP contribution in [0.15, 0.2) is 90.3 Å². The molecule has 0 saturated carbocycles. The molecule has 5 rings (SSSR count). The lowest BCUT2D eigenvalue weighted by Crippen LogP contribution is -1.75. The van der Waals surface area contributed by atoms with Gasteiger partial charge in [-0.1, -0.05) is 54.6 Å². The zero-order valence-electron chi connectivity index (χ0n) is 15.4. The second-order valence-electron chi connectivity index (χ2n) is 6.71. The van der Waals surface area contributed by atoms with Gasteiger partial charge in [-0.15, -0.1) is 34.0 Å². The van der Waals surface area contributed by atoms with E-state index in [9.17, 15) is 0 Å². The Kier molecular flexibility index (Phi) is 4.73. The van der Waals surface area contributed by atoms with Gasteiger partial charge < -0.3 is 0 Å². The van der Waals surface area contributed by atoms with Crippen LogP contribution in [-0.4, -0.2) is 0 Å². The largest absolute Gasteiger partial charge is 0.144 e. The van der Waals surface area contributed by atoms with Gasteiger partial charge in [0.15, 0.2) is 0 Å². The minimum absolute atomic E-state index is 1.28. The van der Waals surface area contributed by atoms with E-state index >= 15 is 0 Å². The molecular formula is C25H18S3. The Hall–Kier alpha value is -2.46. The van der Waals surface area contributed by atoms with Gasteiger partial charge in [-0.05, 0) is 64.9 Å². The van der Waals surface area contributed by atoms with Gasteiger partial charge >= 0.3 is 0 Å². The lowest BCUT2D eigenvalue weighted by Gasteiger charge is -2.02. The fourth-order valence-corrected chi connectivity index (χ4v) is 5.90. The van der Waals surface area contributed by atoms with E-state index in [-0.39, 0.29) is 0 Å². The highest BCUT2D eigenvalue weighted by Crippen LogP contribution is 2.37. The van der Waals surface area contributed by atoms with E-state index in [2.05, 4.69) is 97.2 Å². The molecule has 0 N–H and O–H groups in total. The van der Waals surface area contributed by atoms with Crippen LogP contribution in [0.25, 0.3) is 41.8 Å². The molecule has 0 amide bonds. The van der Waals surface area contributed by atoms with Crippen LogP contribution in [0.4, 0.5) is 0 Å². The second-order valence-corrected chi connectivity index (χ2v) is 10.0. The highest BCUT2D eigenvalue weighted by Gasteiger charge is 2.07. The molecule has 28 heavy (non-hydrogen) atoms. The van der Waals surface area contributed by atoms with Crippen LogP contribution >= 0.6 is 34.0 Å². The van der Waals surface area contributed by atoms with Crippen LogP contribution in [0, 0.1) is 6.92 Å². The number of aryl methyl sites for hydroxylation is 1. The number of benzene rings is 2. The van der Waals surface area contributed by atoms with Crippen LogP contribution in [0.1, 0.15) is 4.88 Å². The van der Waals surface area contributed by atoms with Gasteiger partial charge in [0.05, 0.1) is 0 Å². The van der Waals surface area contributed by atoms with Crippen molar-refractivity contribution in [1.29, 1.82) is 0 Å². The maximum atomic E-state index is 2.24. The van der Waals surface area contributed by atoms with E-state index in [1.165, 1.54) is 46.6 Å². The molecule has 2 aromatic carbocycles. The van der Waals surface area contributed by atoms with E-state index in [1.54, 1.807) is 11.3 Å². The zero-order valence-corrected chi connectivity index (χ0v) is 17.8. The fourth-order valence-electron chi connectivity index (χ4n) is 3.28. The lowest BCUT2D eigenvalue weighted by atomic mass is 10.1. The van der Waals surface area contributed by atoms with Gasteiger partial charge in [-0.25, -0.2) is 0 Å². The molecule has 0 aliphatic carbocycles.